The molecule has 13 heavy (non-hydrogen) atoms. The molecule has 0 aliphatic heterocycles. The van der Waals surface area contributed by atoms with Crippen molar-refractivity contribution in [1.29, 1.82) is 0 Å². The van der Waals surface area contributed by atoms with Crippen LogP contribution in [0.5, 0.6) is 0 Å². The number of hydrogen-bond acceptors (Lipinski definition) is 4. The standard InChI is InChI=1S/C7H8FN3O2/c1-10(2)5-3-4-9-7(8)6(5)11(12)13/h3-4H,1-2H3. The smallest absolute Gasteiger partial charge is 0.346 e. The van der Waals surface area contributed by atoms with Gasteiger partial charge in [0.2, 0.25) is 0 Å². The van der Waals surface area contributed by atoms with Gasteiger partial charge in [0.05, 0.1) is 4.92 Å². The number of nitrogens with zero attached hydrogens (tertiary/aromatic N) is 3. The molecule has 1 aromatic rings. The number of nitro groups is 1. The van der Waals surface area contributed by atoms with E-state index in [1.165, 1.54) is 17.2 Å². The highest BCUT2D eigenvalue weighted by molar-refractivity contribution is 5.61. The minimum Gasteiger partial charge on any atom is -0.372 e. The van der Waals surface area contributed by atoms with E-state index in [0.717, 1.165) is 0 Å². The van der Waals surface area contributed by atoms with Crippen molar-refractivity contribution >= 4 is 11.4 Å². The lowest BCUT2D eigenvalue weighted by molar-refractivity contribution is -0.387. The molecule has 1 heterocycles. The van der Waals surface area contributed by atoms with Crippen LogP contribution >= 0.6 is 0 Å². The van der Waals surface area contributed by atoms with Crippen LogP contribution in [0.15, 0.2) is 12.3 Å². The number of hydrogen-bond donors (Lipinski definition) is 0. The van der Waals surface area contributed by atoms with Crippen molar-refractivity contribution < 1.29 is 9.31 Å². The summed E-state index contributed by atoms with van der Waals surface area (Å²) >= 11 is 0. The molecule has 0 unspecified atom stereocenters. The van der Waals surface area contributed by atoms with Gasteiger partial charge in [-0.05, 0) is 6.07 Å². The minimum absolute atomic E-state index is 0.206. The molecule has 0 fully saturated rings. The fraction of sp³-hybridized carbons (Fsp3) is 0.286. The van der Waals surface area contributed by atoms with Crippen molar-refractivity contribution in [2.45, 2.75) is 0 Å². The number of halogens is 1. The van der Waals surface area contributed by atoms with Gasteiger partial charge in [0.1, 0.15) is 5.69 Å². The van der Waals surface area contributed by atoms with Crippen LogP contribution in [0.1, 0.15) is 0 Å². The van der Waals surface area contributed by atoms with Crippen LogP contribution in [0.3, 0.4) is 0 Å². The van der Waals surface area contributed by atoms with Crippen LogP contribution in [-0.4, -0.2) is 24.0 Å². The normalized spacial score (nSPS) is 9.77. The van der Waals surface area contributed by atoms with Crippen LogP contribution in [0, 0.1) is 16.1 Å². The molecule has 0 aromatic carbocycles. The van der Waals surface area contributed by atoms with Gasteiger partial charge < -0.3 is 4.90 Å². The quantitative estimate of drug-likeness (QED) is 0.394. The van der Waals surface area contributed by atoms with E-state index in [2.05, 4.69) is 4.98 Å². The molecule has 0 aliphatic carbocycles. The van der Waals surface area contributed by atoms with Crippen LogP contribution < -0.4 is 4.90 Å². The zero-order valence-electron chi connectivity index (χ0n) is 7.19. The summed E-state index contributed by atoms with van der Waals surface area (Å²) in [5, 5.41) is 10.4. The number of anilines is 1. The molecule has 70 valence electrons. The molecule has 0 radical (unpaired) electrons. The van der Waals surface area contributed by atoms with Gasteiger partial charge in [-0.3, -0.25) is 10.1 Å². The lowest BCUT2D eigenvalue weighted by Gasteiger charge is -2.11. The van der Waals surface area contributed by atoms with Crippen molar-refractivity contribution in [2.24, 2.45) is 0 Å². The molecule has 0 N–H and O–H groups in total. The summed E-state index contributed by atoms with van der Waals surface area (Å²) in [4.78, 5) is 14.3. The maximum absolute atomic E-state index is 12.9. The van der Waals surface area contributed by atoms with Crippen molar-refractivity contribution in [3.8, 4) is 0 Å². The second-order valence-corrected chi connectivity index (χ2v) is 2.62. The topological polar surface area (TPSA) is 59.3 Å². The van der Waals surface area contributed by atoms with Gasteiger partial charge in [-0.15, -0.1) is 0 Å². The Morgan fingerprint density at radius 3 is 2.62 bits per heavy atom. The third kappa shape index (κ3) is 1.71. The first-order valence-electron chi connectivity index (χ1n) is 3.50. The fourth-order valence-electron chi connectivity index (χ4n) is 0.949. The van der Waals surface area contributed by atoms with Crippen LogP contribution in [-0.2, 0) is 0 Å². The highest BCUT2D eigenvalue weighted by Gasteiger charge is 2.22. The van der Waals surface area contributed by atoms with Gasteiger partial charge >= 0.3 is 5.69 Å². The summed E-state index contributed by atoms with van der Waals surface area (Å²) < 4.78 is 12.9. The second kappa shape index (κ2) is 3.34. The molecule has 1 rings (SSSR count). The molecule has 0 saturated carbocycles. The number of aromatic nitrogens is 1. The van der Waals surface area contributed by atoms with E-state index < -0.39 is 16.6 Å². The first-order chi connectivity index (χ1) is 6.04. The Balaban J connectivity index is 3.34. The Morgan fingerprint density at radius 2 is 2.23 bits per heavy atom. The summed E-state index contributed by atoms with van der Waals surface area (Å²) in [6.45, 7) is 0. The molecular weight excluding hydrogens is 177 g/mol. The van der Waals surface area contributed by atoms with E-state index in [4.69, 9.17) is 0 Å². The van der Waals surface area contributed by atoms with Crippen molar-refractivity contribution in [2.75, 3.05) is 19.0 Å². The van der Waals surface area contributed by atoms with E-state index in [0.29, 0.717) is 0 Å². The van der Waals surface area contributed by atoms with E-state index in [1.54, 1.807) is 14.1 Å². The predicted octanol–water partition coefficient (Wildman–Crippen LogP) is 1.19. The predicted molar refractivity (Wildman–Crippen MR) is 45.2 cm³/mol. The summed E-state index contributed by atoms with van der Waals surface area (Å²) in [5.74, 6) is -1.06. The zero-order valence-corrected chi connectivity index (χ0v) is 7.19. The summed E-state index contributed by atoms with van der Waals surface area (Å²) in [6.07, 6.45) is 1.19. The fourth-order valence-corrected chi connectivity index (χ4v) is 0.949. The summed E-state index contributed by atoms with van der Waals surface area (Å²) in [7, 11) is 3.20. The molecule has 5 nitrogen and oxygen atoms in total. The average molecular weight is 185 g/mol. The van der Waals surface area contributed by atoms with Gasteiger partial charge in [0.25, 0.3) is 5.95 Å². The van der Waals surface area contributed by atoms with Gasteiger partial charge in [-0.2, -0.15) is 4.39 Å². The average Bonchev–Trinajstić information content (AvgIpc) is 2.02. The SMILES string of the molecule is CN(C)c1ccnc(F)c1[N+](=O)[O-]. The Hall–Kier alpha value is -1.72. The number of pyridine rings is 1. The van der Waals surface area contributed by atoms with Crippen molar-refractivity contribution in [3.63, 3.8) is 0 Å². The van der Waals surface area contributed by atoms with Crippen LogP contribution in [0.25, 0.3) is 0 Å². The summed E-state index contributed by atoms with van der Waals surface area (Å²) in [6, 6.07) is 1.39. The Bertz CT molecular complexity index is 341. The molecule has 0 bridgehead atoms. The molecule has 1 aromatic heterocycles. The van der Waals surface area contributed by atoms with Crippen LogP contribution in [0.2, 0.25) is 0 Å². The first-order valence-corrected chi connectivity index (χ1v) is 3.50. The molecule has 0 spiro atoms. The number of rotatable bonds is 2. The van der Waals surface area contributed by atoms with Gasteiger partial charge in [-0.25, -0.2) is 4.98 Å². The van der Waals surface area contributed by atoms with E-state index in [-0.39, 0.29) is 5.69 Å². The Kier molecular flexibility index (Phi) is 2.41. The summed E-state index contributed by atoms with van der Waals surface area (Å²) in [5.41, 5.74) is -0.384. The molecule has 6 heteroatoms. The Morgan fingerprint density at radius 1 is 1.62 bits per heavy atom. The van der Waals surface area contributed by atoms with Crippen molar-refractivity contribution in [3.05, 3.63) is 28.3 Å². The minimum atomic E-state index is -1.06. The van der Waals surface area contributed by atoms with E-state index in [1.807, 2.05) is 0 Å². The van der Waals surface area contributed by atoms with E-state index in [9.17, 15) is 14.5 Å². The Labute approximate surface area is 74.0 Å². The molecular formula is C7H8FN3O2. The zero-order chi connectivity index (χ0) is 10.0. The molecule has 0 amide bonds. The monoisotopic (exact) mass is 185 g/mol. The van der Waals surface area contributed by atoms with Gasteiger partial charge in [-0.1, -0.05) is 0 Å². The molecule has 0 aliphatic rings. The molecule has 0 saturated heterocycles. The highest BCUT2D eigenvalue weighted by atomic mass is 19.1. The third-order valence-electron chi connectivity index (χ3n) is 1.52. The van der Waals surface area contributed by atoms with Crippen LogP contribution in [0.4, 0.5) is 15.8 Å². The lowest BCUT2D eigenvalue weighted by atomic mass is 10.3. The highest BCUT2D eigenvalue weighted by Crippen LogP contribution is 2.27. The first kappa shape index (κ1) is 9.37. The largest absolute Gasteiger partial charge is 0.372 e. The maximum Gasteiger partial charge on any atom is 0.346 e. The van der Waals surface area contributed by atoms with Gasteiger partial charge in [0.15, 0.2) is 0 Å². The second-order valence-electron chi connectivity index (χ2n) is 2.62. The molecule has 0 atom stereocenters. The van der Waals surface area contributed by atoms with Crippen molar-refractivity contribution in [1.82, 2.24) is 4.98 Å². The maximum atomic E-state index is 12.9. The lowest BCUT2D eigenvalue weighted by Crippen LogP contribution is -2.12. The van der Waals surface area contributed by atoms with E-state index >= 15 is 0 Å². The van der Waals surface area contributed by atoms with Gasteiger partial charge in [0, 0.05) is 20.3 Å². The third-order valence-corrected chi connectivity index (χ3v) is 1.52.